The number of carbonyl (C=O) groups is 1. The van der Waals surface area contributed by atoms with Crippen molar-refractivity contribution in [2.45, 2.75) is 0 Å². The number of hydrazone groups is 1. The molecule has 0 amide bonds. The van der Waals surface area contributed by atoms with Gasteiger partial charge in [0, 0.05) is 0 Å². The van der Waals surface area contributed by atoms with Crippen LogP contribution < -0.4 is 15.9 Å². The lowest BCUT2D eigenvalue weighted by Crippen LogP contribution is -2.23. The molecule has 8 heteroatoms. The van der Waals surface area contributed by atoms with Crippen molar-refractivity contribution in [2.75, 3.05) is 0 Å². The first-order chi connectivity index (χ1) is 11.0. The molecule has 0 spiro atoms. The topological polar surface area (TPSA) is 76.7 Å². The molecular weight excluding hydrogens is 357 g/mol. The highest BCUT2D eigenvalue weighted by atomic mass is 35.5. The van der Waals surface area contributed by atoms with Crippen LogP contribution in [-0.4, -0.2) is 17.3 Å². The van der Waals surface area contributed by atoms with Crippen LogP contribution in [0.3, 0.4) is 0 Å². The molecular formula is C15H11Cl2N3O2S. The van der Waals surface area contributed by atoms with Gasteiger partial charge >= 0.3 is 5.97 Å². The number of nitrogens with zero attached hydrogens (tertiary/aromatic N) is 1. The molecule has 0 saturated heterocycles. The van der Waals surface area contributed by atoms with Gasteiger partial charge < -0.3 is 10.5 Å². The molecule has 3 N–H and O–H groups in total. The SMILES string of the molecule is NC(=S)N/N=C\c1cc(Cl)c(OC(=O)c2ccccc2)c(Cl)c1. The Balaban J connectivity index is 2.19. The zero-order chi connectivity index (χ0) is 16.8. The van der Waals surface area contributed by atoms with E-state index in [-0.39, 0.29) is 20.9 Å². The molecule has 23 heavy (non-hydrogen) atoms. The van der Waals surface area contributed by atoms with Gasteiger partial charge in [0.1, 0.15) is 0 Å². The van der Waals surface area contributed by atoms with Gasteiger partial charge in [0.05, 0.1) is 21.8 Å². The average Bonchev–Trinajstić information content (AvgIpc) is 2.51. The maximum atomic E-state index is 12.0. The Kier molecular flexibility index (Phi) is 5.92. The summed E-state index contributed by atoms with van der Waals surface area (Å²) in [5, 5.41) is 4.19. The van der Waals surface area contributed by atoms with Gasteiger partial charge in [0.2, 0.25) is 0 Å². The highest BCUT2D eigenvalue weighted by Gasteiger charge is 2.15. The van der Waals surface area contributed by atoms with Crippen molar-refractivity contribution < 1.29 is 9.53 Å². The normalized spacial score (nSPS) is 10.5. The van der Waals surface area contributed by atoms with Crippen molar-refractivity contribution in [1.82, 2.24) is 5.43 Å². The molecule has 5 nitrogen and oxygen atoms in total. The van der Waals surface area contributed by atoms with Gasteiger partial charge in [-0.15, -0.1) is 0 Å². The third-order valence-electron chi connectivity index (χ3n) is 2.61. The lowest BCUT2D eigenvalue weighted by atomic mass is 10.2. The van der Waals surface area contributed by atoms with Gasteiger partial charge in [0.25, 0.3) is 0 Å². The Morgan fingerprint density at radius 2 is 1.83 bits per heavy atom. The minimum Gasteiger partial charge on any atom is -0.420 e. The Morgan fingerprint density at radius 3 is 2.39 bits per heavy atom. The smallest absolute Gasteiger partial charge is 0.343 e. The number of rotatable bonds is 4. The molecule has 0 radical (unpaired) electrons. The number of thiocarbonyl (C=S) groups is 1. The second-order valence-corrected chi connectivity index (χ2v) is 5.56. The third kappa shape index (κ3) is 4.92. The summed E-state index contributed by atoms with van der Waals surface area (Å²) in [5.41, 5.74) is 8.64. The standard InChI is InChI=1S/C15H11Cl2N3O2S/c16-11-6-9(8-19-20-15(18)23)7-12(17)13(11)22-14(21)10-4-2-1-3-5-10/h1-8H,(H3,18,20,23)/b19-8-. The number of halogens is 2. The molecule has 0 fully saturated rings. The van der Waals surface area contributed by atoms with Gasteiger partial charge in [-0.1, -0.05) is 41.4 Å². The quantitative estimate of drug-likeness (QED) is 0.285. The molecule has 0 aliphatic rings. The van der Waals surface area contributed by atoms with Crippen LogP contribution in [0.5, 0.6) is 5.75 Å². The number of nitrogens with one attached hydrogen (secondary N) is 1. The van der Waals surface area contributed by atoms with Crippen LogP contribution in [0.2, 0.25) is 10.0 Å². The zero-order valence-electron chi connectivity index (χ0n) is 11.6. The molecule has 0 aliphatic heterocycles. The number of hydrogen-bond acceptors (Lipinski definition) is 4. The van der Waals surface area contributed by atoms with E-state index in [0.717, 1.165) is 0 Å². The van der Waals surface area contributed by atoms with E-state index in [4.69, 9.17) is 33.7 Å². The van der Waals surface area contributed by atoms with E-state index in [0.29, 0.717) is 11.1 Å². The first-order valence-electron chi connectivity index (χ1n) is 6.32. The van der Waals surface area contributed by atoms with Gasteiger partial charge in [-0.3, -0.25) is 5.43 Å². The molecule has 118 valence electrons. The predicted molar refractivity (Wildman–Crippen MR) is 95.4 cm³/mol. The van der Waals surface area contributed by atoms with Crippen LogP contribution in [0.1, 0.15) is 15.9 Å². The maximum absolute atomic E-state index is 12.0. The average molecular weight is 368 g/mol. The minimum absolute atomic E-state index is 0.0341. The molecule has 2 aromatic rings. The zero-order valence-corrected chi connectivity index (χ0v) is 14.0. The van der Waals surface area contributed by atoms with Crippen LogP contribution in [-0.2, 0) is 0 Å². The Labute approximate surface area is 148 Å². The van der Waals surface area contributed by atoms with E-state index in [1.807, 2.05) is 0 Å². The number of hydrogen-bond donors (Lipinski definition) is 2. The van der Waals surface area contributed by atoms with Crippen molar-refractivity contribution >= 4 is 52.7 Å². The molecule has 2 aromatic carbocycles. The van der Waals surface area contributed by atoms with Gasteiger partial charge in [-0.2, -0.15) is 5.10 Å². The molecule has 0 aliphatic carbocycles. The van der Waals surface area contributed by atoms with Crippen molar-refractivity contribution in [1.29, 1.82) is 0 Å². The monoisotopic (exact) mass is 367 g/mol. The summed E-state index contributed by atoms with van der Waals surface area (Å²) in [4.78, 5) is 12.0. The lowest BCUT2D eigenvalue weighted by molar-refractivity contribution is 0.0735. The molecule has 2 rings (SSSR count). The fourth-order valence-electron chi connectivity index (χ4n) is 1.65. The van der Waals surface area contributed by atoms with Crippen LogP contribution in [0.25, 0.3) is 0 Å². The summed E-state index contributed by atoms with van der Waals surface area (Å²) in [6, 6.07) is 11.6. The van der Waals surface area contributed by atoms with Crippen molar-refractivity contribution in [2.24, 2.45) is 10.8 Å². The lowest BCUT2D eigenvalue weighted by Gasteiger charge is -2.09. The van der Waals surface area contributed by atoms with E-state index in [9.17, 15) is 4.79 Å². The van der Waals surface area contributed by atoms with E-state index in [1.165, 1.54) is 6.21 Å². The Morgan fingerprint density at radius 1 is 1.22 bits per heavy atom. The van der Waals surface area contributed by atoms with E-state index in [2.05, 4.69) is 22.7 Å². The summed E-state index contributed by atoms with van der Waals surface area (Å²) in [5.74, 6) is -0.465. The highest BCUT2D eigenvalue weighted by Crippen LogP contribution is 2.34. The van der Waals surface area contributed by atoms with Crippen LogP contribution in [0.4, 0.5) is 0 Å². The second kappa shape index (κ2) is 7.92. The molecule has 0 unspecified atom stereocenters. The summed E-state index contributed by atoms with van der Waals surface area (Å²) in [7, 11) is 0. The Hall–Kier alpha value is -2.15. The summed E-state index contributed by atoms with van der Waals surface area (Å²) >= 11 is 16.8. The number of nitrogens with two attached hydrogens (primary N) is 1. The summed E-state index contributed by atoms with van der Waals surface area (Å²) < 4.78 is 5.26. The number of ether oxygens (including phenoxy) is 1. The van der Waals surface area contributed by atoms with Crippen LogP contribution >= 0.6 is 35.4 Å². The van der Waals surface area contributed by atoms with E-state index < -0.39 is 5.97 Å². The maximum Gasteiger partial charge on any atom is 0.343 e. The number of benzene rings is 2. The van der Waals surface area contributed by atoms with Crippen molar-refractivity contribution in [3.05, 3.63) is 63.6 Å². The molecule has 0 aromatic heterocycles. The predicted octanol–water partition coefficient (Wildman–Crippen LogP) is 3.38. The summed E-state index contributed by atoms with van der Waals surface area (Å²) in [6.07, 6.45) is 1.43. The molecule has 0 bridgehead atoms. The number of carbonyl (C=O) groups excluding carboxylic acids is 1. The molecule has 0 heterocycles. The minimum atomic E-state index is -0.550. The fourth-order valence-corrected chi connectivity index (χ4v) is 2.28. The first kappa shape index (κ1) is 17.2. The third-order valence-corrected chi connectivity index (χ3v) is 3.27. The molecule has 0 atom stereocenters. The van der Waals surface area contributed by atoms with Crippen molar-refractivity contribution in [3.8, 4) is 5.75 Å². The molecule has 0 saturated carbocycles. The fraction of sp³-hybridized carbons (Fsp3) is 0. The number of esters is 1. The first-order valence-corrected chi connectivity index (χ1v) is 7.48. The largest absolute Gasteiger partial charge is 0.420 e. The van der Waals surface area contributed by atoms with Gasteiger partial charge in [0.15, 0.2) is 10.9 Å². The van der Waals surface area contributed by atoms with Crippen molar-refractivity contribution in [3.63, 3.8) is 0 Å². The summed E-state index contributed by atoms with van der Waals surface area (Å²) in [6.45, 7) is 0. The van der Waals surface area contributed by atoms with E-state index in [1.54, 1.807) is 42.5 Å². The van der Waals surface area contributed by atoms with Crippen LogP contribution in [0.15, 0.2) is 47.6 Å². The Bertz CT molecular complexity index is 744. The van der Waals surface area contributed by atoms with Gasteiger partial charge in [-0.25, -0.2) is 4.79 Å². The van der Waals surface area contributed by atoms with Crippen LogP contribution in [0, 0.1) is 0 Å². The second-order valence-electron chi connectivity index (χ2n) is 4.30. The van der Waals surface area contributed by atoms with E-state index >= 15 is 0 Å². The van der Waals surface area contributed by atoms with Gasteiger partial charge in [-0.05, 0) is 42.0 Å². The highest BCUT2D eigenvalue weighted by molar-refractivity contribution is 7.80.